The molecule has 0 aliphatic carbocycles. The Bertz CT molecular complexity index is 368. The molecule has 0 amide bonds. The topological polar surface area (TPSA) is 56.5 Å². The van der Waals surface area contributed by atoms with Gasteiger partial charge in [0, 0.05) is 25.2 Å². The van der Waals surface area contributed by atoms with E-state index in [0.29, 0.717) is 6.61 Å². The summed E-state index contributed by atoms with van der Waals surface area (Å²) < 4.78 is 11.1. The SMILES string of the molecule is CCOCCC(NN)c1cccc2c1OCC2. The fourth-order valence-corrected chi connectivity index (χ4v) is 2.19. The molecule has 1 aliphatic rings. The molecule has 1 heterocycles. The van der Waals surface area contributed by atoms with E-state index in [1.54, 1.807) is 0 Å². The molecule has 4 nitrogen and oxygen atoms in total. The van der Waals surface area contributed by atoms with E-state index < -0.39 is 0 Å². The zero-order valence-corrected chi connectivity index (χ0v) is 10.2. The van der Waals surface area contributed by atoms with Gasteiger partial charge >= 0.3 is 0 Å². The fraction of sp³-hybridized carbons (Fsp3) is 0.538. The summed E-state index contributed by atoms with van der Waals surface area (Å²) in [7, 11) is 0. The normalized spacial score (nSPS) is 15.4. The van der Waals surface area contributed by atoms with Crippen molar-refractivity contribution in [1.82, 2.24) is 5.43 Å². The second-order valence-corrected chi connectivity index (χ2v) is 4.14. The van der Waals surface area contributed by atoms with Gasteiger partial charge in [0.25, 0.3) is 0 Å². The molecule has 0 aromatic heterocycles. The van der Waals surface area contributed by atoms with Crippen molar-refractivity contribution >= 4 is 0 Å². The van der Waals surface area contributed by atoms with Crippen LogP contribution in [0.1, 0.15) is 30.5 Å². The van der Waals surface area contributed by atoms with Crippen LogP contribution in [0.15, 0.2) is 18.2 Å². The summed E-state index contributed by atoms with van der Waals surface area (Å²) in [6.07, 6.45) is 1.84. The van der Waals surface area contributed by atoms with Crippen LogP contribution in [-0.2, 0) is 11.2 Å². The molecule has 1 aliphatic heterocycles. The molecule has 1 unspecified atom stereocenters. The molecule has 1 aromatic rings. The largest absolute Gasteiger partial charge is 0.493 e. The van der Waals surface area contributed by atoms with Crippen LogP contribution in [0.2, 0.25) is 0 Å². The number of rotatable bonds is 6. The number of ether oxygens (including phenoxy) is 2. The smallest absolute Gasteiger partial charge is 0.127 e. The van der Waals surface area contributed by atoms with Gasteiger partial charge in [0.15, 0.2) is 0 Å². The predicted molar refractivity (Wildman–Crippen MR) is 66.8 cm³/mol. The third-order valence-electron chi connectivity index (χ3n) is 3.08. The van der Waals surface area contributed by atoms with Crippen molar-refractivity contribution in [3.8, 4) is 5.75 Å². The lowest BCUT2D eigenvalue weighted by atomic mass is 10.0. The maximum absolute atomic E-state index is 5.68. The highest BCUT2D eigenvalue weighted by molar-refractivity contribution is 5.45. The molecular formula is C13H20N2O2. The minimum atomic E-state index is 0.0922. The van der Waals surface area contributed by atoms with E-state index in [2.05, 4.69) is 23.6 Å². The van der Waals surface area contributed by atoms with Crippen molar-refractivity contribution in [2.75, 3.05) is 19.8 Å². The van der Waals surface area contributed by atoms with Crippen molar-refractivity contribution in [2.45, 2.75) is 25.8 Å². The average molecular weight is 236 g/mol. The molecular weight excluding hydrogens is 216 g/mol. The number of hydrogen-bond donors (Lipinski definition) is 2. The highest BCUT2D eigenvalue weighted by Gasteiger charge is 2.21. The lowest BCUT2D eigenvalue weighted by Gasteiger charge is -2.18. The van der Waals surface area contributed by atoms with Crippen LogP contribution in [0.4, 0.5) is 0 Å². The summed E-state index contributed by atoms with van der Waals surface area (Å²) in [4.78, 5) is 0. The molecule has 0 saturated carbocycles. The molecule has 1 atom stereocenters. The predicted octanol–water partition coefficient (Wildman–Crippen LogP) is 1.55. The Morgan fingerprint density at radius 2 is 2.41 bits per heavy atom. The third kappa shape index (κ3) is 2.77. The fourth-order valence-electron chi connectivity index (χ4n) is 2.19. The number of benzene rings is 1. The van der Waals surface area contributed by atoms with E-state index in [-0.39, 0.29) is 6.04 Å². The van der Waals surface area contributed by atoms with Gasteiger partial charge in [0.1, 0.15) is 5.75 Å². The molecule has 0 spiro atoms. The van der Waals surface area contributed by atoms with Crippen LogP contribution in [-0.4, -0.2) is 19.8 Å². The van der Waals surface area contributed by atoms with Gasteiger partial charge in [-0.3, -0.25) is 11.3 Å². The van der Waals surface area contributed by atoms with Crippen molar-refractivity contribution in [1.29, 1.82) is 0 Å². The first kappa shape index (κ1) is 12.4. The van der Waals surface area contributed by atoms with Crippen LogP contribution in [0.3, 0.4) is 0 Å². The number of para-hydroxylation sites is 1. The van der Waals surface area contributed by atoms with Crippen molar-refractivity contribution in [3.63, 3.8) is 0 Å². The molecule has 17 heavy (non-hydrogen) atoms. The number of nitrogens with two attached hydrogens (primary N) is 1. The van der Waals surface area contributed by atoms with Crippen LogP contribution in [0.25, 0.3) is 0 Å². The summed E-state index contributed by atoms with van der Waals surface area (Å²) >= 11 is 0. The van der Waals surface area contributed by atoms with Crippen molar-refractivity contribution in [2.24, 2.45) is 5.84 Å². The molecule has 0 bridgehead atoms. The molecule has 1 aromatic carbocycles. The van der Waals surface area contributed by atoms with Crippen LogP contribution < -0.4 is 16.0 Å². The number of nitrogens with one attached hydrogen (secondary N) is 1. The highest BCUT2D eigenvalue weighted by Crippen LogP contribution is 2.34. The Labute approximate surface area is 102 Å². The Morgan fingerprint density at radius 3 is 3.18 bits per heavy atom. The summed E-state index contributed by atoms with van der Waals surface area (Å²) in [5.41, 5.74) is 5.26. The average Bonchev–Trinajstić information content (AvgIpc) is 2.83. The minimum absolute atomic E-state index is 0.0922. The molecule has 3 N–H and O–H groups in total. The van der Waals surface area contributed by atoms with Crippen LogP contribution in [0.5, 0.6) is 5.75 Å². The standard InChI is InChI=1S/C13H20N2O2/c1-2-16-8-7-12(15-14)11-5-3-4-10-6-9-17-13(10)11/h3-5,12,15H,2,6-9,14H2,1H3. The van der Waals surface area contributed by atoms with Crippen LogP contribution in [0, 0.1) is 0 Å². The first-order chi connectivity index (χ1) is 8.36. The van der Waals surface area contributed by atoms with E-state index in [1.807, 2.05) is 6.92 Å². The molecule has 94 valence electrons. The third-order valence-corrected chi connectivity index (χ3v) is 3.08. The zero-order valence-electron chi connectivity index (χ0n) is 10.2. The summed E-state index contributed by atoms with van der Waals surface area (Å²) in [6, 6.07) is 6.34. The number of hydrogen-bond acceptors (Lipinski definition) is 4. The van der Waals surface area contributed by atoms with E-state index >= 15 is 0 Å². The van der Waals surface area contributed by atoms with Gasteiger partial charge in [-0.25, -0.2) is 0 Å². The second kappa shape index (κ2) is 6.00. The zero-order chi connectivity index (χ0) is 12.1. The van der Waals surface area contributed by atoms with Gasteiger partial charge < -0.3 is 9.47 Å². The van der Waals surface area contributed by atoms with E-state index in [9.17, 15) is 0 Å². The monoisotopic (exact) mass is 236 g/mol. The van der Waals surface area contributed by atoms with Gasteiger partial charge in [0.05, 0.1) is 12.6 Å². The van der Waals surface area contributed by atoms with Crippen molar-refractivity contribution < 1.29 is 9.47 Å². The molecule has 0 saturated heterocycles. The Kier molecular flexibility index (Phi) is 4.36. The maximum Gasteiger partial charge on any atom is 0.127 e. The lowest BCUT2D eigenvalue weighted by molar-refractivity contribution is 0.136. The van der Waals surface area contributed by atoms with Gasteiger partial charge in [0.2, 0.25) is 0 Å². The van der Waals surface area contributed by atoms with Gasteiger partial charge in [-0.2, -0.15) is 0 Å². The summed E-state index contributed by atoms with van der Waals surface area (Å²) in [6.45, 7) is 4.21. The number of hydrazine groups is 1. The lowest BCUT2D eigenvalue weighted by Crippen LogP contribution is -2.29. The molecule has 4 heteroatoms. The maximum atomic E-state index is 5.68. The first-order valence-electron chi connectivity index (χ1n) is 6.15. The highest BCUT2D eigenvalue weighted by atomic mass is 16.5. The van der Waals surface area contributed by atoms with Gasteiger partial charge in [-0.05, 0) is 18.9 Å². The second-order valence-electron chi connectivity index (χ2n) is 4.14. The Hall–Kier alpha value is -1.10. The van der Waals surface area contributed by atoms with Crippen molar-refractivity contribution in [3.05, 3.63) is 29.3 Å². The Morgan fingerprint density at radius 1 is 1.53 bits per heavy atom. The van der Waals surface area contributed by atoms with Crippen LogP contribution >= 0.6 is 0 Å². The molecule has 0 radical (unpaired) electrons. The Balaban J connectivity index is 2.11. The molecule has 0 fully saturated rings. The quantitative estimate of drug-likeness (QED) is 0.447. The minimum Gasteiger partial charge on any atom is -0.493 e. The first-order valence-corrected chi connectivity index (χ1v) is 6.15. The van der Waals surface area contributed by atoms with E-state index in [0.717, 1.165) is 37.4 Å². The summed E-state index contributed by atoms with van der Waals surface area (Å²) in [5, 5.41) is 0. The van der Waals surface area contributed by atoms with E-state index in [1.165, 1.54) is 5.56 Å². The number of fused-ring (bicyclic) bond motifs is 1. The summed E-state index contributed by atoms with van der Waals surface area (Å²) in [5.74, 6) is 6.63. The molecule has 2 rings (SSSR count). The van der Waals surface area contributed by atoms with Gasteiger partial charge in [-0.1, -0.05) is 18.2 Å². The van der Waals surface area contributed by atoms with E-state index in [4.69, 9.17) is 15.3 Å². The van der Waals surface area contributed by atoms with Gasteiger partial charge in [-0.15, -0.1) is 0 Å².